The van der Waals surface area contributed by atoms with Gasteiger partial charge in [-0.15, -0.1) is 0 Å². The quantitative estimate of drug-likeness (QED) is 0.403. The smallest absolute Gasteiger partial charge is 0.262 e. The van der Waals surface area contributed by atoms with E-state index in [1.165, 1.54) is 18.4 Å². The summed E-state index contributed by atoms with van der Waals surface area (Å²) >= 11 is 0. The molecule has 158 valence electrons. The van der Waals surface area contributed by atoms with Gasteiger partial charge in [0.05, 0.1) is 19.4 Å². The number of nitriles is 1. The highest BCUT2D eigenvalue weighted by Crippen LogP contribution is 2.30. The van der Waals surface area contributed by atoms with Crippen LogP contribution >= 0.6 is 0 Å². The largest absolute Gasteiger partial charge is 0.490 e. The van der Waals surface area contributed by atoms with E-state index in [0.29, 0.717) is 35.0 Å². The maximum Gasteiger partial charge on any atom is 0.262 e. The number of carbonyl (C=O) groups excluding carboxylic acids is 1. The number of hydrogen-bond acceptors (Lipinski definition) is 5. The second kappa shape index (κ2) is 10.6. The Morgan fingerprint density at radius 1 is 1.16 bits per heavy atom. The van der Waals surface area contributed by atoms with Crippen molar-refractivity contribution >= 4 is 12.0 Å². The van der Waals surface area contributed by atoms with Crippen LogP contribution in [0.2, 0.25) is 0 Å². The lowest BCUT2D eigenvalue weighted by Crippen LogP contribution is -2.23. The molecule has 7 heteroatoms. The highest BCUT2D eigenvalue weighted by Gasteiger charge is 2.12. The van der Waals surface area contributed by atoms with Crippen molar-refractivity contribution in [2.24, 2.45) is 0 Å². The molecule has 0 atom stereocenters. The molecule has 0 aliphatic rings. The molecule has 0 unspecified atom stereocenters. The molecule has 0 aliphatic carbocycles. The van der Waals surface area contributed by atoms with Crippen LogP contribution in [-0.4, -0.2) is 12.5 Å². The van der Waals surface area contributed by atoms with Gasteiger partial charge in [0.1, 0.15) is 29.8 Å². The Hall–Kier alpha value is -4.05. The van der Waals surface area contributed by atoms with Gasteiger partial charge in [0, 0.05) is 5.56 Å². The Morgan fingerprint density at radius 3 is 2.71 bits per heavy atom. The summed E-state index contributed by atoms with van der Waals surface area (Å²) in [4.78, 5) is 12.3. The van der Waals surface area contributed by atoms with E-state index in [9.17, 15) is 14.4 Å². The van der Waals surface area contributed by atoms with Crippen LogP contribution in [0.25, 0.3) is 6.08 Å². The number of halogens is 1. The summed E-state index contributed by atoms with van der Waals surface area (Å²) in [5, 5.41) is 12.0. The van der Waals surface area contributed by atoms with Crippen LogP contribution < -0.4 is 14.8 Å². The molecule has 0 radical (unpaired) electrons. The highest BCUT2D eigenvalue weighted by atomic mass is 19.1. The lowest BCUT2D eigenvalue weighted by molar-refractivity contribution is -0.117. The molecule has 6 nitrogen and oxygen atoms in total. The molecule has 3 aromatic rings. The molecule has 0 fully saturated rings. The van der Waals surface area contributed by atoms with E-state index in [4.69, 9.17) is 13.9 Å². The van der Waals surface area contributed by atoms with Crippen molar-refractivity contribution in [1.29, 1.82) is 5.26 Å². The molecule has 31 heavy (non-hydrogen) atoms. The average molecular weight is 420 g/mol. The number of rotatable bonds is 9. The first-order chi connectivity index (χ1) is 15.1. The van der Waals surface area contributed by atoms with Crippen LogP contribution in [0, 0.1) is 17.1 Å². The van der Waals surface area contributed by atoms with Gasteiger partial charge in [-0.2, -0.15) is 5.26 Å². The van der Waals surface area contributed by atoms with E-state index in [-0.39, 0.29) is 24.5 Å². The Balaban J connectivity index is 1.74. The first-order valence-corrected chi connectivity index (χ1v) is 9.66. The Bertz CT molecular complexity index is 1100. The topological polar surface area (TPSA) is 84.5 Å². The Labute approximate surface area is 179 Å². The molecule has 3 rings (SSSR count). The van der Waals surface area contributed by atoms with Gasteiger partial charge in [0.25, 0.3) is 5.91 Å². The van der Waals surface area contributed by atoms with Crippen LogP contribution in [0.4, 0.5) is 4.39 Å². The zero-order valence-electron chi connectivity index (χ0n) is 16.9. The van der Waals surface area contributed by atoms with Crippen molar-refractivity contribution in [2.45, 2.75) is 20.1 Å². The van der Waals surface area contributed by atoms with Gasteiger partial charge in [-0.25, -0.2) is 4.39 Å². The molecule has 1 N–H and O–H groups in total. The molecule has 2 aromatic carbocycles. The number of ether oxygens (including phenoxy) is 2. The Morgan fingerprint density at radius 2 is 2.00 bits per heavy atom. The molecule has 1 heterocycles. The van der Waals surface area contributed by atoms with Gasteiger partial charge in [-0.1, -0.05) is 24.3 Å². The van der Waals surface area contributed by atoms with E-state index < -0.39 is 5.91 Å². The van der Waals surface area contributed by atoms with Crippen molar-refractivity contribution in [3.05, 3.63) is 89.1 Å². The SMILES string of the molecule is CCOc1cc(C=C(C#N)C(=O)NCc2ccco2)ccc1OCc1ccccc1F. The lowest BCUT2D eigenvalue weighted by Gasteiger charge is -2.13. The molecule has 0 spiro atoms. The molecule has 0 saturated heterocycles. The fourth-order valence-corrected chi connectivity index (χ4v) is 2.76. The second-order valence-electron chi connectivity index (χ2n) is 6.45. The summed E-state index contributed by atoms with van der Waals surface area (Å²) in [6.07, 6.45) is 2.97. The number of amides is 1. The number of hydrogen-bond donors (Lipinski definition) is 1. The molecule has 0 aliphatic heterocycles. The van der Waals surface area contributed by atoms with E-state index in [0.717, 1.165) is 0 Å². The first-order valence-electron chi connectivity index (χ1n) is 9.66. The summed E-state index contributed by atoms with van der Waals surface area (Å²) in [7, 11) is 0. The fourth-order valence-electron chi connectivity index (χ4n) is 2.76. The minimum atomic E-state index is -0.517. The molecule has 1 amide bonds. The van der Waals surface area contributed by atoms with E-state index in [1.54, 1.807) is 48.5 Å². The number of furan rings is 1. The maximum atomic E-state index is 13.8. The Kier molecular flexibility index (Phi) is 7.44. The number of nitrogens with one attached hydrogen (secondary N) is 1. The summed E-state index contributed by atoms with van der Waals surface area (Å²) in [6, 6.07) is 16.7. The van der Waals surface area contributed by atoms with E-state index in [1.807, 2.05) is 13.0 Å². The minimum Gasteiger partial charge on any atom is -0.490 e. The molecule has 0 bridgehead atoms. The molecule has 1 aromatic heterocycles. The average Bonchev–Trinajstić information content (AvgIpc) is 3.30. The van der Waals surface area contributed by atoms with Crippen molar-refractivity contribution in [1.82, 2.24) is 5.32 Å². The first kappa shape index (κ1) is 21.7. The summed E-state index contributed by atoms with van der Waals surface area (Å²) < 4.78 is 30.3. The van der Waals surface area contributed by atoms with Crippen molar-refractivity contribution < 1.29 is 23.1 Å². The third-order valence-electron chi connectivity index (χ3n) is 4.29. The van der Waals surface area contributed by atoms with Gasteiger partial charge in [0.15, 0.2) is 11.5 Å². The number of carbonyl (C=O) groups is 1. The predicted octanol–water partition coefficient (Wildman–Crippen LogP) is 4.62. The van der Waals surface area contributed by atoms with Gasteiger partial charge < -0.3 is 19.2 Å². The molecular weight excluding hydrogens is 399 g/mol. The van der Waals surface area contributed by atoms with Gasteiger partial charge >= 0.3 is 0 Å². The van der Waals surface area contributed by atoms with E-state index >= 15 is 0 Å². The van der Waals surface area contributed by atoms with Gasteiger partial charge in [0.2, 0.25) is 0 Å². The van der Waals surface area contributed by atoms with E-state index in [2.05, 4.69) is 5.32 Å². The zero-order chi connectivity index (χ0) is 22.1. The highest BCUT2D eigenvalue weighted by molar-refractivity contribution is 6.01. The monoisotopic (exact) mass is 420 g/mol. The second-order valence-corrected chi connectivity index (χ2v) is 6.45. The normalized spacial score (nSPS) is 10.9. The van der Waals surface area contributed by atoms with Crippen LogP contribution in [-0.2, 0) is 17.9 Å². The molecule has 0 saturated carbocycles. The van der Waals surface area contributed by atoms with Crippen molar-refractivity contribution in [3.8, 4) is 17.6 Å². The number of benzene rings is 2. The van der Waals surface area contributed by atoms with Gasteiger partial charge in [-0.05, 0) is 48.9 Å². The van der Waals surface area contributed by atoms with Crippen LogP contribution in [0.1, 0.15) is 23.8 Å². The van der Waals surface area contributed by atoms with Gasteiger partial charge in [-0.3, -0.25) is 4.79 Å². The standard InChI is InChI=1S/C24H21FN2O4/c1-2-29-23-13-17(9-10-22(23)31-16-18-6-3-4-8-21(18)25)12-19(14-26)24(28)27-15-20-7-5-11-30-20/h3-13H,2,15-16H2,1H3,(H,27,28). The van der Waals surface area contributed by atoms with Crippen LogP contribution in [0.15, 0.2) is 70.9 Å². The fraction of sp³-hybridized carbons (Fsp3) is 0.167. The van der Waals surface area contributed by atoms with Crippen LogP contribution in [0.5, 0.6) is 11.5 Å². The summed E-state index contributed by atoms with van der Waals surface area (Å²) in [5.41, 5.74) is 0.953. The lowest BCUT2D eigenvalue weighted by atomic mass is 10.1. The summed E-state index contributed by atoms with van der Waals surface area (Å²) in [6.45, 7) is 2.43. The third-order valence-corrected chi connectivity index (χ3v) is 4.29. The zero-order valence-corrected chi connectivity index (χ0v) is 16.9. The van der Waals surface area contributed by atoms with Crippen LogP contribution in [0.3, 0.4) is 0 Å². The maximum absolute atomic E-state index is 13.8. The van der Waals surface area contributed by atoms with Crippen molar-refractivity contribution in [2.75, 3.05) is 6.61 Å². The van der Waals surface area contributed by atoms with Crippen molar-refractivity contribution in [3.63, 3.8) is 0 Å². The minimum absolute atomic E-state index is 0.0422. The predicted molar refractivity (Wildman–Crippen MR) is 112 cm³/mol. The molecular formula is C24H21FN2O4. The third kappa shape index (κ3) is 5.97. The summed E-state index contributed by atoms with van der Waals surface area (Å²) in [5.74, 6) is 0.584. The number of nitrogens with zero attached hydrogens (tertiary/aromatic N) is 1.